The number of benzene rings is 1. The number of rotatable bonds is 25. The normalized spacial score (nSPS) is 34.4. The number of carbonyl (C=O) groups is 4. The Balaban J connectivity index is 1.27. The second kappa shape index (κ2) is 33.3. The average molecular weight is 1330 g/mol. The molecule has 0 spiro atoms. The van der Waals surface area contributed by atoms with Gasteiger partial charge in [-0.2, -0.15) is 17.2 Å². The van der Waals surface area contributed by atoms with Crippen LogP contribution in [0.2, 0.25) is 0 Å². The van der Waals surface area contributed by atoms with Gasteiger partial charge in [-0.1, -0.05) is 71.8 Å². The van der Waals surface area contributed by atoms with Crippen molar-refractivity contribution >= 4 is 72.6 Å². The molecular weight excluding hydrogens is 1240 g/mol. The number of hydrogen-bond donors (Lipinski definition) is 8. The fourth-order valence-electron chi connectivity index (χ4n) is 10.8. The van der Waals surface area contributed by atoms with Crippen LogP contribution >= 0.6 is 43.2 Å². The fraction of sp³-hybridized carbons (Fsp3) is 0.627. The molecule has 0 saturated carbocycles. The van der Waals surface area contributed by atoms with Gasteiger partial charge in [-0.05, 0) is 55.3 Å². The number of methoxy groups -OCH3 is 5. The Morgan fingerprint density at radius 2 is 1.56 bits per heavy atom. The lowest BCUT2D eigenvalue weighted by atomic mass is 9.73. The van der Waals surface area contributed by atoms with Crippen molar-refractivity contribution in [2.75, 3.05) is 65.7 Å². The monoisotopic (exact) mass is 1320 g/mol. The summed E-state index contributed by atoms with van der Waals surface area (Å²) < 4.78 is 77.9. The van der Waals surface area contributed by atoms with Gasteiger partial charge < -0.3 is 92.6 Å². The quantitative estimate of drug-likeness (QED) is 0.0132. The van der Waals surface area contributed by atoms with Crippen molar-refractivity contribution in [3.8, 4) is 35.2 Å². The van der Waals surface area contributed by atoms with Crippen molar-refractivity contribution < 1.29 is 106 Å². The van der Waals surface area contributed by atoms with Gasteiger partial charge in [-0.3, -0.25) is 19.7 Å². The van der Waals surface area contributed by atoms with Crippen molar-refractivity contribution in [1.82, 2.24) is 16.1 Å². The van der Waals surface area contributed by atoms with Crippen molar-refractivity contribution in [1.29, 1.82) is 0 Å². The minimum atomic E-state index is -2.66. The minimum absolute atomic E-state index is 0.0843. The van der Waals surface area contributed by atoms with E-state index in [1.165, 1.54) is 95.7 Å². The number of Topliss-reactive ketones (excluding diaryl/α,β-unsaturated/α-hetero) is 1. The molecule has 1 aromatic carbocycles. The Labute approximate surface area is 533 Å². The highest BCUT2D eigenvalue weighted by Crippen LogP contribution is 2.44. The summed E-state index contributed by atoms with van der Waals surface area (Å²) in [7, 11) is 10.8. The van der Waals surface area contributed by atoms with Gasteiger partial charge in [0.05, 0.1) is 99.8 Å². The first-order valence-corrected chi connectivity index (χ1v) is 33.8. The lowest BCUT2D eigenvalue weighted by Gasteiger charge is -2.47. The summed E-state index contributed by atoms with van der Waals surface area (Å²) in [6.07, 6.45) is -11.7. The summed E-state index contributed by atoms with van der Waals surface area (Å²) in [4.78, 5) is 62.5. The first-order valence-electron chi connectivity index (χ1n) is 28.4. The standard InChI is InChI=1S/C59H80N4O22S4/c1-28(2)60-36-27-77-43(25-39(36)73-8)83-52-50(66)47(63-85-45-24-37(64)53(86-12)31(5)79-45)29(3)80-57(52)82-38-18-16-14-15-17-20-59(71)34(19-21-88-89-87-13)46(38)48(62-58(70)76-11)51(67)54(59)84-44-26-42(49(65)30(4)78-44)81-56(69)33-22-40(74-9)41(75-10)23-35(33)61-55(68)32(6)72-7/h14-15,19,22-23,28-31,36-39,42-45,47,49-50,52-54,57,60,63-66,71H,6,21,24-27H2,1-5,7-13H3,(H,61,68)(H,62,70)/b15-14-,34-19+/t29-,30+,31-,36+,37+,38+,39+,42+,43+,44+,45+,47-,49+,50+,52-,53-,54-,57+,59-/m1/s1. The zero-order valence-electron chi connectivity index (χ0n) is 51.4. The van der Waals surface area contributed by atoms with Crippen molar-refractivity contribution in [2.24, 2.45) is 0 Å². The van der Waals surface area contributed by atoms with E-state index in [1.54, 1.807) is 20.1 Å². The maximum atomic E-state index is 15.6. The first-order chi connectivity index (χ1) is 42.5. The maximum Gasteiger partial charge on any atom is 0.411 e. The Bertz CT molecular complexity index is 2890. The molecule has 2 bridgehead atoms. The molecule has 19 atom stereocenters. The predicted octanol–water partition coefficient (Wildman–Crippen LogP) is 3.42. The number of amides is 2. The number of ketones is 1. The second-order valence-electron chi connectivity index (χ2n) is 21.4. The van der Waals surface area contributed by atoms with Crippen LogP contribution in [0.3, 0.4) is 0 Å². The van der Waals surface area contributed by atoms with Crippen molar-refractivity contribution in [2.45, 2.75) is 175 Å². The highest BCUT2D eigenvalue weighted by atomic mass is 33.5. The molecule has 4 fully saturated rings. The second-order valence-corrected chi connectivity index (χ2v) is 26.8. The van der Waals surface area contributed by atoms with Crippen molar-refractivity contribution in [3.63, 3.8) is 0 Å². The van der Waals surface area contributed by atoms with Crippen LogP contribution in [-0.4, -0.2) is 226 Å². The number of hydrogen-bond acceptors (Lipinski definition) is 28. The Morgan fingerprint density at radius 1 is 0.854 bits per heavy atom. The Kier molecular flexibility index (Phi) is 26.9. The predicted molar refractivity (Wildman–Crippen MR) is 330 cm³/mol. The molecule has 89 heavy (non-hydrogen) atoms. The van der Waals surface area contributed by atoms with E-state index in [0.717, 1.165) is 7.11 Å². The molecular formula is C59H80N4O22S4. The molecule has 1 aromatic rings. The van der Waals surface area contributed by atoms with Crippen LogP contribution in [0.1, 0.15) is 64.2 Å². The molecule has 7 rings (SSSR count). The van der Waals surface area contributed by atoms with E-state index in [-0.39, 0.29) is 88.3 Å². The number of anilines is 1. The summed E-state index contributed by atoms with van der Waals surface area (Å²) in [6, 6.07) is 1.39. The first kappa shape index (κ1) is 71.8. The number of alkyl carbamates (subject to hydrolysis) is 1. The van der Waals surface area contributed by atoms with E-state index in [9.17, 15) is 34.8 Å². The van der Waals surface area contributed by atoms with Crippen LogP contribution < -0.4 is 30.9 Å². The number of aliphatic hydroxyl groups excluding tert-OH is 3. The lowest BCUT2D eigenvalue weighted by molar-refractivity contribution is -0.336. The summed E-state index contributed by atoms with van der Waals surface area (Å²) in [5, 5.41) is 56.8. The number of hydroxylamine groups is 1. The molecule has 30 heteroatoms. The van der Waals surface area contributed by atoms with Crippen LogP contribution in [0, 0.1) is 23.7 Å². The number of allylic oxidation sites excluding steroid dienone is 2. The topological polar surface area (TPSA) is 327 Å². The molecule has 492 valence electrons. The number of carbonyl (C=O) groups excluding carboxylic acids is 4. The number of aliphatic hydroxyl groups is 4. The van der Waals surface area contributed by atoms with E-state index in [1.807, 2.05) is 33.3 Å². The molecule has 4 saturated heterocycles. The molecule has 0 aromatic heterocycles. The third kappa shape index (κ3) is 17.6. The molecule has 6 aliphatic rings. The van der Waals surface area contributed by atoms with Crippen LogP contribution in [-0.2, 0) is 66.5 Å². The molecule has 2 aliphatic carbocycles. The smallest absolute Gasteiger partial charge is 0.411 e. The van der Waals surface area contributed by atoms with Gasteiger partial charge >= 0.3 is 12.1 Å². The summed E-state index contributed by atoms with van der Waals surface area (Å²) in [5.41, 5.74) is -0.949. The Morgan fingerprint density at radius 3 is 2.22 bits per heavy atom. The van der Waals surface area contributed by atoms with Crippen LogP contribution in [0.5, 0.6) is 11.5 Å². The minimum Gasteiger partial charge on any atom is -0.493 e. The lowest BCUT2D eigenvalue weighted by Crippen LogP contribution is -2.65. The number of esters is 1. The zero-order valence-corrected chi connectivity index (χ0v) is 54.6. The van der Waals surface area contributed by atoms with E-state index >= 15 is 4.79 Å². The number of thioether (sulfide) groups is 1. The van der Waals surface area contributed by atoms with Gasteiger partial charge in [0.15, 0.2) is 54.1 Å². The number of nitrogens with one attached hydrogen (secondary N) is 4. The molecule has 26 nitrogen and oxygen atoms in total. The van der Waals surface area contributed by atoms with Crippen molar-refractivity contribution in [3.05, 3.63) is 65.1 Å². The SMILES string of the molecule is C=C(OC)C(=O)Nc1cc(OC)c(OC)cc1C(=O)O[C@H]1C[C@H](O[C@@H]2C(=O)C(NC(=O)OC)=C3/C(=C\CSSSC)[C@]2(O)C#C/C=C\C#C[C@@H]3O[C@@H]2O[C@H](C)[C@@H](NO[C@H]3C[C@H](O)[C@H](SC)[C@@H](C)O3)[C@H](O)[C@H]2O[C@H]2C[C@H](OC)[C@@H](NC(C)C)CO2)O[C@@H](C)[C@@H]1O. The molecule has 0 unspecified atom stereocenters. The molecule has 4 heterocycles. The zero-order chi connectivity index (χ0) is 64.9. The van der Waals surface area contributed by atoms with Gasteiger partial charge in [0.2, 0.25) is 5.78 Å². The van der Waals surface area contributed by atoms with Gasteiger partial charge in [-0.15, -0.1) is 0 Å². The van der Waals surface area contributed by atoms with E-state index in [2.05, 4.69) is 51.7 Å². The highest BCUT2D eigenvalue weighted by molar-refractivity contribution is 9.09. The molecule has 8 N–H and O–H groups in total. The summed E-state index contributed by atoms with van der Waals surface area (Å²) in [5.74, 6) is 8.60. The van der Waals surface area contributed by atoms with Gasteiger partial charge in [0.1, 0.15) is 30.5 Å². The van der Waals surface area contributed by atoms with Gasteiger partial charge in [-0.25, -0.2) is 9.59 Å². The van der Waals surface area contributed by atoms with E-state index in [4.69, 9.17) is 66.4 Å². The van der Waals surface area contributed by atoms with Gasteiger partial charge in [0, 0.05) is 61.4 Å². The molecule has 2 amide bonds. The number of ether oxygens (including phenoxy) is 13. The fourth-order valence-corrected chi connectivity index (χ4v) is 14.1. The van der Waals surface area contributed by atoms with Crippen LogP contribution in [0.25, 0.3) is 0 Å². The number of fused-ring (bicyclic) bond motifs is 2. The van der Waals surface area contributed by atoms with Gasteiger partial charge in [0.25, 0.3) is 5.91 Å². The third-order valence-electron chi connectivity index (χ3n) is 15.2. The highest BCUT2D eigenvalue weighted by Gasteiger charge is 2.57. The third-order valence-corrected chi connectivity index (χ3v) is 20.2. The van der Waals surface area contributed by atoms with E-state index < -0.39 is 134 Å². The molecule has 4 aliphatic heterocycles. The summed E-state index contributed by atoms with van der Waals surface area (Å²) in [6.45, 7) is 12.6. The summed E-state index contributed by atoms with van der Waals surface area (Å²) >= 11 is 1.47. The van der Waals surface area contributed by atoms with Crippen LogP contribution in [0.15, 0.2) is 59.5 Å². The largest absolute Gasteiger partial charge is 0.493 e. The molecule has 0 radical (unpaired) electrons. The van der Waals surface area contributed by atoms with Crippen LogP contribution in [0.4, 0.5) is 10.5 Å². The van der Waals surface area contributed by atoms with E-state index in [0.29, 0.717) is 0 Å². The maximum absolute atomic E-state index is 15.6. The average Bonchev–Trinajstić information content (AvgIpc) is 0.971. The Hall–Kier alpha value is -4.62.